The van der Waals surface area contributed by atoms with E-state index in [-0.39, 0.29) is 12.5 Å². The van der Waals surface area contributed by atoms with Gasteiger partial charge in [0.05, 0.1) is 26.4 Å². The molecular formula is C24H31BrO5. The minimum Gasteiger partial charge on any atom is -0.497 e. The lowest BCUT2D eigenvalue weighted by atomic mass is 9.89. The molecule has 1 aromatic carbocycles. The first-order valence-electron chi connectivity index (χ1n) is 10.2. The van der Waals surface area contributed by atoms with Crippen LogP contribution in [-0.4, -0.2) is 37.5 Å². The van der Waals surface area contributed by atoms with Gasteiger partial charge in [-0.2, -0.15) is 0 Å². The van der Waals surface area contributed by atoms with Crippen molar-refractivity contribution in [2.45, 2.75) is 38.4 Å². The third-order valence-corrected chi connectivity index (χ3v) is 5.84. The molecule has 5 nitrogen and oxygen atoms in total. The molecule has 1 aromatic rings. The highest BCUT2D eigenvalue weighted by molar-refractivity contribution is 9.12. The second-order valence-corrected chi connectivity index (χ2v) is 8.21. The van der Waals surface area contributed by atoms with E-state index in [0.29, 0.717) is 30.0 Å². The SMILES string of the molecule is C=CCOC(=O)/C(Br)=C/C=C/C[C@H](O)[C@@H]1CCC[C@H]1COCc1ccc(OC)cc1. The number of benzene rings is 1. The summed E-state index contributed by atoms with van der Waals surface area (Å²) in [7, 11) is 1.65. The van der Waals surface area contributed by atoms with Gasteiger partial charge in [-0.25, -0.2) is 4.79 Å². The zero-order valence-corrected chi connectivity index (χ0v) is 19.1. The molecule has 0 unspecified atom stereocenters. The normalized spacial score (nSPS) is 20.3. The van der Waals surface area contributed by atoms with E-state index in [1.807, 2.05) is 30.3 Å². The van der Waals surface area contributed by atoms with Crippen LogP contribution in [0.1, 0.15) is 31.2 Å². The van der Waals surface area contributed by atoms with Crippen molar-refractivity contribution in [1.82, 2.24) is 0 Å². The Balaban J connectivity index is 1.75. The first-order chi connectivity index (χ1) is 14.5. The van der Waals surface area contributed by atoms with E-state index < -0.39 is 12.1 Å². The molecule has 30 heavy (non-hydrogen) atoms. The van der Waals surface area contributed by atoms with E-state index in [4.69, 9.17) is 14.2 Å². The monoisotopic (exact) mass is 478 g/mol. The zero-order chi connectivity index (χ0) is 21.8. The van der Waals surface area contributed by atoms with Crippen LogP contribution >= 0.6 is 15.9 Å². The molecule has 1 aliphatic carbocycles. The van der Waals surface area contributed by atoms with E-state index in [9.17, 15) is 9.90 Å². The summed E-state index contributed by atoms with van der Waals surface area (Å²) in [5.74, 6) is 0.990. The van der Waals surface area contributed by atoms with Crippen LogP contribution in [0.15, 0.2) is 59.6 Å². The molecule has 1 N–H and O–H groups in total. The number of methoxy groups -OCH3 is 1. The molecule has 0 spiro atoms. The predicted molar refractivity (Wildman–Crippen MR) is 121 cm³/mol. The molecule has 0 amide bonds. The summed E-state index contributed by atoms with van der Waals surface area (Å²) in [5.41, 5.74) is 1.11. The Bertz CT molecular complexity index is 726. The number of aliphatic hydroxyl groups is 1. The molecule has 0 saturated heterocycles. The molecule has 2 rings (SSSR count). The minimum absolute atomic E-state index is 0.174. The number of esters is 1. The number of carbonyl (C=O) groups excluding carboxylic acids is 1. The maximum Gasteiger partial charge on any atom is 0.345 e. The molecule has 0 heterocycles. The summed E-state index contributed by atoms with van der Waals surface area (Å²) < 4.78 is 16.4. The lowest BCUT2D eigenvalue weighted by molar-refractivity contribution is -0.136. The van der Waals surface area contributed by atoms with Gasteiger partial charge in [0, 0.05) is 0 Å². The lowest BCUT2D eigenvalue weighted by Gasteiger charge is -2.24. The second kappa shape index (κ2) is 13.4. The Morgan fingerprint density at radius 1 is 1.33 bits per heavy atom. The molecule has 0 bridgehead atoms. The average Bonchev–Trinajstić information content (AvgIpc) is 3.23. The summed E-state index contributed by atoms with van der Waals surface area (Å²) in [6.07, 6.45) is 10.1. The van der Waals surface area contributed by atoms with Crippen molar-refractivity contribution in [3.63, 3.8) is 0 Å². The third-order valence-electron chi connectivity index (χ3n) is 5.26. The molecule has 1 fully saturated rings. The molecule has 1 aliphatic rings. The van der Waals surface area contributed by atoms with Gasteiger partial charge < -0.3 is 19.3 Å². The zero-order valence-electron chi connectivity index (χ0n) is 17.5. The molecule has 1 saturated carbocycles. The Morgan fingerprint density at radius 2 is 2.10 bits per heavy atom. The van der Waals surface area contributed by atoms with Crippen LogP contribution in [0.5, 0.6) is 5.75 Å². The minimum atomic E-state index is -0.440. The van der Waals surface area contributed by atoms with Crippen molar-refractivity contribution >= 4 is 21.9 Å². The average molecular weight is 479 g/mol. The van der Waals surface area contributed by atoms with Gasteiger partial charge in [0.1, 0.15) is 16.8 Å². The number of hydrogen-bond acceptors (Lipinski definition) is 5. The Morgan fingerprint density at radius 3 is 2.80 bits per heavy atom. The van der Waals surface area contributed by atoms with Crippen LogP contribution in [0, 0.1) is 11.8 Å². The molecule has 164 valence electrons. The smallest absolute Gasteiger partial charge is 0.345 e. The predicted octanol–water partition coefficient (Wildman–Crippen LogP) is 4.94. The fourth-order valence-corrected chi connectivity index (χ4v) is 3.91. The number of aliphatic hydroxyl groups excluding tert-OH is 1. The summed E-state index contributed by atoms with van der Waals surface area (Å²) in [6.45, 7) is 4.89. The largest absolute Gasteiger partial charge is 0.497 e. The summed E-state index contributed by atoms with van der Waals surface area (Å²) >= 11 is 3.19. The highest BCUT2D eigenvalue weighted by Gasteiger charge is 2.32. The Kier molecular flexibility index (Phi) is 10.9. The van der Waals surface area contributed by atoms with Crippen LogP contribution in [0.4, 0.5) is 0 Å². The molecule has 6 heteroatoms. The van der Waals surface area contributed by atoms with Gasteiger partial charge in [-0.1, -0.05) is 43.4 Å². The van der Waals surface area contributed by atoms with Gasteiger partial charge >= 0.3 is 5.97 Å². The fourth-order valence-electron chi connectivity index (χ4n) is 3.65. The maximum atomic E-state index is 11.6. The maximum absolute atomic E-state index is 11.6. The van der Waals surface area contributed by atoms with Gasteiger partial charge in [0.15, 0.2) is 0 Å². The van der Waals surface area contributed by atoms with Gasteiger partial charge in [-0.3, -0.25) is 0 Å². The number of rotatable bonds is 12. The van der Waals surface area contributed by atoms with E-state index in [1.54, 1.807) is 19.3 Å². The standard InChI is InChI=1S/C24H31BrO5/c1-3-15-30-24(27)22(25)9-4-5-10-23(26)21-8-6-7-19(21)17-29-16-18-11-13-20(28-2)14-12-18/h3-5,9,11-14,19,21,23,26H,1,6-8,10,15-17H2,2H3/b5-4+,22-9-/t19-,21+,23-/m0/s1. The van der Waals surface area contributed by atoms with Crippen LogP contribution < -0.4 is 4.74 Å². The van der Waals surface area contributed by atoms with Crippen molar-refractivity contribution in [3.05, 3.63) is 65.2 Å². The highest BCUT2D eigenvalue weighted by Crippen LogP contribution is 2.35. The quantitative estimate of drug-likeness (QED) is 0.199. The molecule has 0 aromatic heterocycles. The first-order valence-corrected chi connectivity index (χ1v) is 11.0. The van der Waals surface area contributed by atoms with Crippen molar-refractivity contribution < 1.29 is 24.1 Å². The van der Waals surface area contributed by atoms with Gasteiger partial charge in [-0.15, -0.1) is 0 Å². The number of hydrogen-bond donors (Lipinski definition) is 1. The Labute approximate surface area is 187 Å². The fraction of sp³-hybridized carbons (Fsp3) is 0.458. The summed E-state index contributed by atoms with van der Waals surface area (Å²) in [5, 5.41) is 10.6. The molecule has 0 radical (unpaired) electrons. The van der Waals surface area contributed by atoms with Crippen LogP contribution in [0.25, 0.3) is 0 Å². The van der Waals surface area contributed by atoms with E-state index in [2.05, 4.69) is 22.5 Å². The summed E-state index contributed by atoms with van der Waals surface area (Å²) in [6, 6.07) is 7.87. The van der Waals surface area contributed by atoms with Crippen LogP contribution in [-0.2, 0) is 20.9 Å². The first kappa shape index (κ1) is 24.4. The van der Waals surface area contributed by atoms with Gasteiger partial charge in [-0.05, 0) is 70.8 Å². The number of halogens is 1. The van der Waals surface area contributed by atoms with Crippen molar-refractivity contribution in [3.8, 4) is 5.75 Å². The molecular weight excluding hydrogens is 448 g/mol. The number of carbonyl (C=O) groups is 1. The molecule has 0 aliphatic heterocycles. The number of ether oxygens (including phenoxy) is 3. The number of allylic oxidation sites excluding steroid dienone is 2. The van der Waals surface area contributed by atoms with Crippen molar-refractivity contribution in [2.24, 2.45) is 11.8 Å². The van der Waals surface area contributed by atoms with Crippen LogP contribution in [0.2, 0.25) is 0 Å². The lowest BCUT2D eigenvalue weighted by Crippen LogP contribution is -2.26. The second-order valence-electron chi connectivity index (χ2n) is 7.35. The Hall–Kier alpha value is -1.89. The van der Waals surface area contributed by atoms with Crippen LogP contribution in [0.3, 0.4) is 0 Å². The van der Waals surface area contributed by atoms with Crippen molar-refractivity contribution in [2.75, 3.05) is 20.3 Å². The van der Waals surface area contributed by atoms with E-state index in [1.165, 1.54) is 6.08 Å². The highest BCUT2D eigenvalue weighted by atomic mass is 79.9. The topological polar surface area (TPSA) is 65.0 Å². The van der Waals surface area contributed by atoms with Gasteiger partial charge in [0.25, 0.3) is 0 Å². The molecule has 3 atom stereocenters. The van der Waals surface area contributed by atoms with E-state index in [0.717, 1.165) is 30.6 Å². The van der Waals surface area contributed by atoms with Crippen molar-refractivity contribution in [1.29, 1.82) is 0 Å². The third kappa shape index (κ3) is 8.09. The van der Waals surface area contributed by atoms with E-state index >= 15 is 0 Å². The van der Waals surface area contributed by atoms with Gasteiger partial charge in [0.2, 0.25) is 0 Å². The summed E-state index contributed by atoms with van der Waals surface area (Å²) in [4.78, 5) is 11.6.